The van der Waals surface area contributed by atoms with E-state index in [1.54, 1.807) is 52.1 Å². The molecule has 0 fully saturated rings. The molecule has 0 bridgehead atoms. The van der Waals surface area contributed by atoms with E-state index in [1.807, 2.05) is 0 Å². The quantitative estimate of drug-likeness (QED) is 0.878. The van der Waals surface area contributed by atoms with Crippen molar-refractivity contribution in [1.29, 1.82) is 0 Å². The highest BCUT2D eigenvalue weighted by atomic mass is 16.6. The number of amides is 1. The van der Waals surface area contributed by atoms with Gasteiger partial charge in [-0.15, -0.1) is 0 Å². The molecule has 5 heteroatoms. The van der Waals surface area contributed by atoms with Gasteiger partial charge in [-0.1, -0.05) is 12.1 Å². The summed E-state index contributed by atoms with van der Waals surface area (Å²) in [5.41, 5.74) is 0.186. The van der Waals surface area contributed by atoms with E-state index in [0.29, 0.717) is 5.75 Å². The molecular formula is C14H21NO4. The number of carbonyl (C=O) groups excluding carboxylic acids is 1. The molecule has 19 heavy (non-hydrogen) atoms. The lowest BCUT2D eigenvalue weighted by Crippen LogP contribution is -2.36. The standard InChI is InChI=1S/C14H21NO4/c1-14(2,3)19-13(17)15-12(9-16)10-6-5-7-11(8-10)18-4/h5-8,12,16H,9H2,1-4H3,(H,15,17). The second-order valence-electron chi connectivity index (χ2n) is 5.16. The average Bonchev–Trinajstić information content (AvgIpc) is 2.34. The van der Waals surface area contributed by atoms with E-state index in [4.69, 9.17) is 9.47 Å². The first kappa shape index (κ1) is 15.3. The minimum atomic E-state index is -0.571. The van der Waals surface area contributed by atoms with Crippen molar-refractivity contribution < 1.29 is 19.4 Å². The third-order valence-corrected chi connectivity index (χ3v) is 2.37. The molecule has 0 aliphatic heterocycles. The molecule has 0 aliphatic rings. The second kappa shape index (κ2) is 6.43. The van der Waals surface area contributed by atoms with Crippen LogP contribution in [0.1, 0.15) is 32.4 Å². The van der Waals surface area contributed by atoms with Gasteiger partial charge in [0.1, 0.15) is 11.4 Å². The van der Waals surface area contributed by atoms with Gasteiger partial charge in [0.05, 0.1) is 19.8 Å². The van der Waals surface area contributed by atoms with Crippen LogP contribution < -0.4 is 10.1 Å². The number of aliphatic hydroxyl groups excluding tert-OH is 1. The molecule has 0 radical (unpaired) electrons. The molecule has 0 aliphatic carbocycles. The summed E-state index contributed by atoms with van der Waals surface area (Å²) in [4.78, 5) is 11.7. The van der Waals surface area contributed by atoms with Crippen LogP contribution >= 0.6 is 0 Å². The van der Waals surface area contributed by atoms with Gasteiger partial charge in [-0.25, -0.2) is 4.79 Å². The number of hydrogen-bond acceptors (Lipinski definition) is 4. The summed E-state index contributed by atoms with van der Waals surface area (Å²) in [6.45, 7) is 5.14. The smallest absolute Gasteiger partial charge is 0.408 e. The van der Waals surface area contributed by atoms with Gasteiger partial charge in [0.25, 0.3) is 0 Å². The number of carbonyl (C=O) groups is 1. The fourth-order valence-electron chi connectivity index (χ4n) is 1.54. The van der Waals surface area contributed by atoms with Crippen LogP contribution in [0.15, 0.2) is 24.3 Å². The van der Waals surface area contributed by atoms with Gasteiger partial charge in [0.2, 0.25) is 0 Å². The maximum atomic E-state index is 11.7. The van der Waals surface area contributed by atoms with Gasteiger partial charge in [-0.2, -0.15) is 0 Å². The van der Waals surface area contributed by atoms with E-state index in [2.05, 4.69) is 5.32 Å². The van der Waals surface area contributed by atoms with E-state index >= 15 is 0 Å². The predicted molar refractivity (Wildman–Crippen MR) is 72.2 cm³/mol. The molecule has 0 spiro atoms. The lowest BCUT2D eigenvalue weighted by atomic mass is 10.1. The minimum absolute atomic E-state index is 0.216. The third kappa shape index (κ3) is 5.18. The third-order valence-electron chi connectivity index (χ3n) is 2.37. The first-order chi connectivity index (χ1) is 8.85. The van der Waals surface area contributed by atoms with Crippen molar-refractivity contribution in [3.05, 3.63) is 29.8 Å². The summed E-state index contributed by atoms with van der Waals surface area (Å²) >= 11 is 0. The number of hydrogen-bond donors (Lipinski definition) is 2. The van der Waals surface area contributed by atoms with E-state index in [1.165, 1.54) is 0 Å². The molecule has 0 heterocycles. The number of alkyl carbamates (subject to hydrolysis) is 1. The Kier molecular flexibility index (Phi) is 5.18. The predicted octanol–water partition coefficient (Wildman–Crippen LogP) is 2.25. The maximum Gasteiger partial charge on any atom is 0.408 e. The Bertz CT molecular complexity index is 426. The van der Waals surface area contributed by atoms with Crippen LogP contribution in [0.3, 0.4) is 0 Å². The van der Waals surface area contributed by atoms with Gasteiger partial charge < -0.3 is 19.9 Å². The van der Waals surface area contributed by atoms with Crippen molar-refractivity contribution in [3.63, 3.8) is 0 Å². The SMILES string of the molecule is COc1cccc(C(CO)NC(=O)OC(C)(C)C)c1. The van der Waals surface area contributed by atoms with Gasteiger partial charge in [-0.3, -0.25) is 0 Å². The van der Waals surface area contributed by atoms with Crippen molar-refractivity contribution in [2.45, 2.75) is 32.4 Å². The van der Waals surface area contributed by atoms with E-state index in [9.17, 15) is 9.90 Å². The van der Waals surface area contributed by atoms with Gasteiger partial charge in [0.15, 0.2) is 0 Å². The van der Waals surface area contributed by atoms with Crippen LogP contribution in [0.5, 0.6) is 5.75 Å². The van der Waals surface area contributed by atoms with Crippen molar-refractivity contribution >= 4 is 6.09 Å². The van der Waals surface area contributed by atoms with E-state index in [-0.39, 0.29) is 6.61 Å². The first-order valence-corrected chi connectivity index (χ1v) is 6.10. The van der Waals surface area contributed by atoms with Gasteiger partial charge >= 0.3 is 6.09 Å². The Hall–Kier alpha value is -1.75. The monoisotopic (exact) mass is 267 g/mol. The molecule has 1 atom stereocenters. The topological polar surface area (TPSA) is 67.8 Å². The Labute approximate surface area is 113 Å². The van der Waals surface area contributed by atoms with Gasteiger partial charge in [0, 0.05) is 0 Å². The van der Waals surface area contributed by atoms with Crippen molar-refractivity contribution in [2.24, 2.45) is 0 Å². The molecule has 1 amide bonds. The number of aliphatic hydroxyl groups is 1. The number of ether oxygens (including phenoxy) is 2. The summed E-state index contributed by atoms with van der Waals surface area (Å²) in [6, 6.07) is 6.64. The molecule has 1 unspecified atom stereocenters. The average molecular weight is 267 g/mol. The summed E-state index contributed by atoms with van der Waals surface area (Å²) in [5, 5.41) is 12.0. The molecule has 0 saturated heterocycles. The zero-order chi connectivity index (χ0) is 14.5. The molecule has 1 aromatic carbocycles. The number of rotatable bonds is 4. The maximum absolute atomic E-state index is 11.7. The number of methoxy groups -OCH3 is 1. The highest BCUT2D eigenvalue weighted by Gasteiger charge is 2.20. The molecule has 5 nitrogen and oxygen atoms in total. The summed E-state index contributed by atoms with van der Waals surface area (Å²) in [6.07, 6.45) is -0.561. The lowest BCUT2D eigenvalue weighted by Gasteiger charge is -2.23. The Morgan fingerprint density at radius 2 is 2.11 bits per heavy atom. The molecule has 106 valence electrons. The zero-order valence-corrected chi connectivity index (χ0v) is 11.8. The second-order valence-corrected chi connectivity index (χ2v) is 5.16. The zero-order valence-electron chi connectivity index (χ0n) is 11.8. The fourth-order valence-corrected chi connectivity index (χ4v) is 1.54. The highest BCUT2D eigenvalue weighted by molar-refractivity contribution is 5.68. The molecule has 2 N–H and O–H groups in total. The summed E-state index contributed by atoms with van der Waals surface area (Å²) in [5.74, 6) is 0.668. The number of benzene rings is 1. The molecule has 1 rings (SSSR count). The Morgan fingerprint density at radius 1 is 1.42 bits per heavy atom. The Morgan fingerprint density at radius 3 is 2.63 bits per heavy atom. The summed E-state index contributed by atoms with van der Waals surface area (Å²) < 4.78 is 10.3. The van der Waals surface area contributed by atoms with Crippen LogP contribution in [0, 0.1) is 0 Å². The van der Waals surface area contributed by atoms with Crippen LogP contribution in [0.25, 0.3) is 0 Å². The van der Waals surface area contributed by atoms with Gasteiger partial charge in [-0.05, 0) is 38.5 Å². The highest BCUT2D eigenvalue weighted by Crippen LogP contribution is 2.19. The molecule has 0 aromatic heterocycles. The molecule has 0 saturated carbocycles. The Balaban J connectivity index is 2.75. The molecule has 1 aromatic rings. The molecular weight excluding hydrogens is 246 g/mol. The van der Waals surface area contributed by atoms with Crippen LogP contribution in [0.4, 0.5) is 4.79 Å². The fraction of sp³-hybridized carbons (Fsp3) is 0.500. The largest absolute Gasteiger partial charge is 0.497 e. The summed E-state index contributed by atoms with van der Waals surface area (Å²) in [7, 11) is 1.56. The normalized spacial score (nSPS) is 12.7. The van der Waals surface area contributed by atoms with Crippen molar-refractivity contribution in [2.75, 3.05) is 13.7 Å². The van der Waals surface area contributed by atoms with Crippen molar-refractivity contribution in [1.82, 2.24) is 5.32 Å². The number of nitrogens with one attached hydrogen (secondary N) is 1. The first-order valence-electron chi connectivity index (χ1n) is 6.10. The van der Waals surface area contributed by atoms with Crippen molar-refractivity contribution in [3.8, 4) is 5.75 Å². The van der Waals surface area contributed by atoms with Crippen LogP contribution in [-0.4, -0.2) is 30.5 Å². The van der Waals surface area contributed by atoms with Crippen LogP contribution in [-0.2, 0) is 4.74 Å². The van der Waals surface area contributed by atoms with Crippen LogP contribution in [0.2, 0.25) is 0 Å². The minimum Gasteiger partial charge on any atom is -0.497 e. The lowest BCUT2D eigenvalue weighted by molar-refractivity contribution is 0.0481. The van der Waals surface area contributed by atoms with E-state index < -0.39 is 17.7 Å². The van der Waals surface area contributed by atoms with E-state index in [0.717, 1.165) is 5.56 Å².